The minimum atomic E-state index is -3.50. The van der Waals surface area contributed by atoms with E-state index in [1.165, 1.54) is 4.31 Å². The van der Waals surface area contributed by atoms with Crippen LogP contribution in [0.5, 0.6) is 0 Å². The zero-order valence-electron chi connectivity index (χ0n) is 9.43. The number of halogens is 1. The standard InChI is InChI=1S/C11H14INO3S/c1-13(11(8-14)5-6-11)17(15,16)10-4-2-3-9(12)7-10/h2-4,7,14H,5-6,8H2,1H3. The van der Waals surface area contributed by atoms with Gasteiger partial charge in [0.05, 0.1) is 17.0 Å². The molecule has 1 aromatic carbocycles. The summed E-state index contributed by atoms with van der Waals surface area (Å²) in [7, 11) is -1.96. The Bertz CT molecular complexity index is 525. The maximum absolute atomic E-state index is 12.3. The van der Waals surface area contributed by atoms with Crippen LogP contribution in [0, 0.1) is 3.57 Å². The van der Waals surface area contributed by atoms with Crippen molar-refractivity contribution in [3.8, 4) is 0 Å². The quantitative estimate of drug-likeness (QED) is 0.820. The first-order chi connectivity index (χ1) is 7.92. The summed E-state index contributed by atoms with van der Waals surface area (Å²) < 4.78 is 26.9. The molecule has 2 rings (SSSR count). The van der Waals surface area contributed by atoms with Gasteiger partial charge in [0.2, 0.25) is 10.0 Å². The molecule has 0 amide bonds. The van der Waals surface area contributed by atoms with Gasteiger partial charge in [0.1, 0.15) is 0 Å². The van der Waals surface area contributed by atoms with Gasteiger partial charge in [-0.2, -0.15) is 4.31 Å². The molecule has 1 aliphatic rings. The summed E-state index contributed by atoms with van der Waals surface area (Å²) in [6.45, 7) is -0.118. The molecule has 0 aromatic heterocycles. The number of aliphatic hydroxyl groups is 1. The lowest BCUT2D eigenvalue weighted by Crippen LogP contribution is -2.41. The summed E-state index contributed by atoms with van der Waals surface area (Å²) in [5.74, 6) is 0. The van der Waals surface area contributed by atoms with Crippen LogP contribution in [0.1, 0.15) is 12.8 Å². The third-order valence-electron chi connectivity index (χ3n) is 3.24. The molecule has 1 N–H and O–H groups in total. The van der Waals surface area contributed by atoms with E-state index < -0.39 is 15.6 Å². The average molecular weight is 367 g/mol. The van der Waals surface area contributed by atoms with Crippen molar-refractivity contribution < 1.29 is 13.5 Å². The van der Waals surface area contributed by atoms with Crippen LogP contribution in [0.25, 0.3) is 0 Å². The summed E-state index contributed by atoms with van der Waals surface area (Å²) in [6, 6.07) is 6.79. The molecule has 17 heavy (non-hydrogen) atoms. The maximum atomic E-state index is 12.3. The Labute approximate surface area is 115 Å². The molecule has 0 bridgehead atoms. The molecule has 0 atom stereocenters. The summed E-state index contributed by atoms with van der Waals surface area (Å²) in [6.07, 6.45) is 1.45. The third kappa shape index (κ3) is 2.35. The van der Waals surface area contributed by atoms with Crippen molar-refractivity contribution in [2.45, 2.75) is 23.3 Å². The monoisotopic (exact) mass is 367 g/mol. The van der Waals surface area contributed by atoms with Crippen LogP contribution in [0.15, 0.2) is 29.2 Å². The average Bonchev–Trinajstić information content (AvgIpc) is 3.09. The summed E-state index contributed by atoms with van der Waals surface area (Å²) >= 11 is 2.08. The van der Waals surface area contributed by atoms with Crippen molar-refractivity contribution in [3.05, 3.63) is 27.8 Å². The smallest absolute Gasteiger partial charge is 0.243 e. The van der Waals surface area contributed by atoms with E-state index >= 15 is 0 Å². The van der Waals surface area contributed by atoms with E-state index in [0.29, 0.717) is 0 Å². The van der Waals surface area contributed by atoms with E-state index in [0.717, 1.165) is 16.4 Å². The van der Waals surface area contributed by atoms with E-state index in [9.17, 15) is 13.5 Å². The molecule has 0 saturated heterocycles. The Morgan fingerprint density at radius 3 is 2.59 bits per heavy atom. The molecule has 1 saturated carbocycles. The maximum Gasteiger partial charge on any atom is 0.243 e. The van der Waals surface area contributed by atoms with Gasteiger partial charge in [-0.15, -0.1) is 0 Å². The topological polar surface area (TPSA) is 57.6 Å². The Hall–Kier alpha value is -0.180. The molecule has 0 unspecified atom stereocenters. The Morgan fingerprint density at radius 1 is 1.47 bits per heavy atom. The molecule has 0 aliphatic heterocycles. The SMILES string of the molecule is CN(C1(CO)CC1)S(=O)(=O)c1cccc(I)c1. The first kappa shape index (κ1) is 13.3. The van der Waals surface area contributed by atoms with Gasteiger partial charge < -0.3 is 5.11 Å². The van der Waals surface area contributed by atoms with Gasteiger partial charge in [-0.25, -0.2) is 8.42 Å². The largest absolute Gasteiger partial charge is 0.394 e. The number of benzene rings is 1. The predicted molar refractivity (Wildman–Crippen MR) is 73.2 cm³/mol. The summed E-state index contributed by atoms with van der Waals surface area (Å²) in [4.78, 5) is 0.284. The second-order valence-corrected chi connectivity index (χ2v) is 7.53. The number of likely N-dealkylation sites (N-methyl/N-ethyl adjacent to an activating group) is 1. The van der Waals surface area contributed by atoms with Gasteiger partial charge in [-0.3, -0.25) is 0 Å². The number of aliphatic hydroxyl groups excluding tert-OH is 1. The zero-order valence-corrected chi connectivity index (χ0v) is 12.4. The van der Waals surface area contributed by atoms with Crippen molar-refractivity contribution in [1.29, 1.82) is 0 Å². The lowest BCUT2D eigenvalue weighted by atomic mass is 10.3. The number of hydrogen-bond acceptors (Lipinski definition) is 3. The molecule has 94 valence electrons. The van der Waals surface area contributed by atoms with Gasteiger partial charge in [0, 0.05) is 10.6 Å². The Kier molecular flexibility index (Phi) is 3.50. The second kappa shape index (κ2) is 4.49. The van der Waals surface area contributed by atoms with E-state index in [1.807, 2.05) is 6.07 Å². The minimum absolute atomic E-state index is 0.118. The van der Waals surface area contributed by atoms with E-state index in [4.69, 9.17) is 0 Å². The molecule has 6 heteroatoms. The van der Waals surface area contributed by atoms with Crippen LogP contribution in [0.2, 0.25) is 0 Å². The minimum Gasteiger partial charge on any atom is -0.394 e. The van der Waals surface area contributed by atoms with Gasteiger partial charge in [-0.1, -0.05) is 6.07 Å². The van der Waals surface area contributed by atoms with Gasteiger partial charge in [0.15, 0.2) is 0 Å². The number of hydrogen-bond donors (Lipinski definition) is 1. The first-order valence-corrected chi connectivity index (χ1v) is 7.80. The van der Waals surface area contributed by atoms with Crippen LogP contribution in [-0.2, 0) is 10.0 Å². The molecule has 0 radical (unpaired) electrons. The highest BCUT2D eigenvalue weighted by Gasteiger charge is 2.50. The zero-order chi connectivity index (χ0) is 12.7. The normalized spacial score (nSPS) is 18.4. The Balaban J connectivity index is 2.37. The predicted octanol–water partition coefficient (Wildman–Crippen LogP) is 1.44. The van der Waals surface area contributed by atoms with Gasteiger partial charge in [-0.05, 0) is 53.6 Å². The molecule has 1 fully saturated rings. The molecule has 0 spiro atoms. The highest BCUT2D eigenvalue weighted by molar-refractivity contribution is 14.1. The lowest BCUT2D eigenvalue weighted by molar-refractivity contribution is 0.187. The number of rotatable bonds is 4. The van der Waals surface area contributed by atoms with E-state index in [2.05, 4.69) is 22.6 Å². The summed E-state index contributed by atoms with van der Waals surface area (Å²) in [5, 5.41) is 9.28. The molecule has 1 aliphatic carbocycles. The second-order valence-electron chi connectivity index (χ2n) is 4.31. The molecule has 0 heterocycles. The van der Waals surface area contributed by atoms with Crippen molar-refractivity contribution in [2.24, 2.45) is 0 Å². The van der Waals surface area contributed by atoms with Crippen molar-refractivity contribution >= 4 is 32.6 Å². The van der Waals surface area contributed by atoms with Crippen molar-refractivity contribution in [1.82, 2.24) is 4.31 Å². The van der Waals surface area contributed by atoms with E-state index in [-0.39, 0.29) is 11.5 Å². The number of nitrogens with zero attached hydrogens (tertiary/aromatic N) is 1. The van der Waals surface area contributed by atoms with Crippen molar-refractivity contribution in [3.63, 3.8) is 0 Å². The highest BCUT2D eigenvalue weighted by Crippen LogP contribution is 2.43. The lowest BCUT2D eigenvalue weighted by Gasteiger charge is -2.25. The van der Waals surface area contributed by atoms with Gasteiger partial charge in [0.25, 0.3) is 0 Å². The van der Waals surface area contributed by atoms with E-state index in [1.54, 1.807) is 25.2 Å². The summed E-state index contributed by atoms with van der Waals surface area (Å²) in [5.41, 5.74) is -0.569. The molecule has 4 nitrogen and oxygen atoms in total. The number of sulfonamides is 1. The van der Waals surface area contributed by atoms with Crippen LogP contribution < -0.4 is 0 Å². The fraction of sp³-hybridized carbons (Fsp3) is 0.455. The fourth-order valence-electron chi connectivity index (χ4n) is 1.76. The Morgan fingerprint density at radius 2 is 2.12 bits per heavy atom. The molecule has 1 aromatic rings. The third-order valence-corrected chi connectivity index (χ3v) is 5.87. The molecular formula is C11H14INO3S. The first-order valence-electron chi connectivity index (χ1n) is 5.28. The fourth-order valence-corrected chi connectivity index (χ4v) is 4.10. The van der Waals surface area contributed by atoms with Gasteiger partial charge >= 0.3 is 0 Å². The highest BCUT2D eigenvalue weighted by atomic mass is 127. The van der Waals surface area contributed by atoms with Crippen LogP contribution >= 0.6 is 22.6 Å². The van der Waals surface area contributed by atoms with Crippen LogP contribution in [0.4, 0.5) is 0 Å². The van der Waals surface area contributed by atoms with Crippen LogP contribution in [0.3, 0.4) is 0 Å². The van der Waals surface area contributed by atoms with Crippen molar-refractivity contribution in [2.75, 3.05) is 13.7 Å². The van der Waals surface area contributed by atoms with Crippen LogP contribution in [-0.4, -0.2) is 37.0 Å². The molecular weight excluding hydrogens is 353 g/mol.